The first kappa shape index (κ1) is 20.8. The van der Waals surface area contributed by atoms with Crippen molar-refractivity contribution in [3.8, 4) is 5.75 Å². The second-order valence-corrected chi connectivity index (χ2v) is 8.04. The van der Waals surface area contributed by atoms with Gasteiger partial charge in [0.2, 0.25) is 11.4 Å². The molecule has 1 aromatic carbocycles. The van der Waals surface area contributed by atoms with Gasteiger partial charge in [0, 0.05) is 25.0 Å². The zero-order chi connectivity index (χ0) is 23.3. The third kappa shape index (κ3) is 3.25. The highest BCUT2D eigenvalue weighted by atomic mass is 19.1. The van der Waals surface area contributed by atoms with Crippen LogP contribution < -0.4 is 10.1 Å². The summed E-state index contributed by atoms with van der Waals surface area (Å²) in [5.41, 5.74) is 0.398. The summed E-state index contributed by atoms with van der Waals surface area (Å²) in [5, 5.41) is 2.31. The Morgan fingerprint density at radius 1 is 1.27 bits per heavy atom. The van der Waals surface area contributed by atoms with E-state index in [-0.39, 0.29) is 36.6 Å². The van der Waals surface area contributed by atoms with E-state index in [2.05, 4.69) is 15.3 Å². The number of carbonyl (C=O) groups excluding carboxylic acids is 3. The number of carbonyl (C=O) groups is 3. The molecule has 3 aromatic rings. The first-order valence-electron chi connectivity index (χ1n) is 10.2. The van der Waals surface area contributed by atoms with Crippen LogP contribution in [0.5, 0.6) is 5.75 Å². The topological polar surface area (TPSA) is 114 Å². The van der Waals surface area contributed by atoms with E-state index in [1.165, 1.54) is 24.3 Å². The molecule has 10 heteroatoms. The molecule has 168 valence electrons. The Labute approximate surface area is 187 Å². The number of benzene rings is 1. The molecule has 0 fully saturated rings. The second kappa shape index (κ2) is 7.51. The number of aromatic nitrogens is 1. The number of imide groups is 1. The van der Waals surface area contributed by atoms with Gasteiger partial charge in [-0.15, -0.1) is 0 Å². The molecule has 0 aliphatic carbocycles. The number of aliphatic imine (C=N–C) groups is 1. The average Bonchev–Trinajstić information content (AvgIpc) is 3.29. The fraction of sp³-hybridized carbons (Fsp3) is 0.261. The summed E-state index contributed by atoms with van der Waals surface area (Å²) in [4.78, 5) is 48.4. The van der Waals surface area contributed by atoms with Crippen molar-refractivity contribution in [2.45, 2.75) is 25.4 Å². The molecule has 1 unspecified atom stereocenters. The minimum Gasteiger partial charge on any atom is -0.494 e. The van der Waals surface area contributed by atoms with Crippen LogP contribution in [-0.4, -0.2) is 47.5 Å². The lowest BCUT2D eigenvalue weighted by Crippen LogP contribution is -2.51. The largest absolute Gasteiger partial charge is 0.494 e. The molecule has 0 spiro atoms. The number of fused-ring (bicyclic) bond motifs is 2. The summed E-state index contributed by atoms with van der Waals surface area (Å²) >= 11 is 0. The minimum atomic E-state index is -1.75. The van der Waals surface area contributed by atoms with Crippen molar-refractivity contribution in [1.82, 2.24) is 15.2 Å². The molecule has 1 atom stereocenters. The van der Waals surface area contributed by atoms with Crippen molar-refractivity contribution in [3.63, 3.8) is 0 Å². The van der Waals surface area contributed by atoms with Crippen molar-refractivity contribution >= 4 is 35.0 Å². The van der Waals surface area contributed by atoms with Crippen LogP contribution in [0.3, 0.4) is 0 Å². The Morgan fingerprint density at radius 3 is 2.88 bits per heavy atom. The van der Waals surface area contributed by atoms with E-state index in [1.54, 1.807) is 24.4 Å². The summed E-state index contributed by atoms with van der Waals surface area (Å²) < 4.78 is 25.8. The fourth-order valence-corrected chi connectivity index (χ4v) is 4.17. The van der Waals surface area contributed by atoms with Crippen LogP contribution in [0, 0.1) is 12.7 Å². The number of halogens is 1. The number of hydrogen-bond acceptors (Lipinski definition) is 7. The third-order valence-electron chi connectivity index (χ3n) is 5.83. The lowest BCUT2D eigenvalue weighted by molar-refractivity contribution is -0.133. The highest BCUT2D eigenvalue weighted by Gasteiger charge is 2.49. The van der Waals surface area contributed by atoms with Gasteiger partial charge in [-0.25, -0.2) is 4.39 Å². The van der Waals surface area contributed by atoms with Crippen molar-refractivity contribution in [2.75, 3.05) is 13.7 Å². The van der Waals surface area contributed by atoms with Gasteiger partial charge in [-0.3, -0.25) is 29.7 Å². The van der Waals surface area contributed by atoms with Crippen LogP contribution >= 0.6 is 0 Å². The lowest BCUT2D eigenvalue weighted by Gasteiger charge is -2.29. The van der Waals surface area contributed by atoms with Crippen LogP contribution in [0.2, 0.25) is 0 Å². The van der Waals surface area contributed by atoms with Crippen molar-refractivity contribution in [1.29, 1.82) is 0 Å². The molecule has 2 aliphatic rings. The van der Waals surface area contributed by atoms with Crippen LogP contribution in [0.15, 0.2) is 39.9 Å². The zero-order valence-electron chi connectivity index (χ0n) is 17.8. The predicted molar refractivity (Wildman–Crippen MR) is 114 cm³/mol. The van der Waals surface area contributed by atoms with Crippen LogP contribution in [-0.2, 0) is 21.7 Å². The first-order chi connectivity index (χ1) is 15.8. The number of pyridine rings is 1. The number of ether oxygens (including phenoxy) is 1. The van der Waals surface area contributed by atoms with Gasteiger partial charge in [0.15, 0.2) is 17.1 Å². The Morgan fingerprint density at radius 2 is 2.09 bits per heavy atom. The Hall–Kier alpha value is -4.08. The van der Waals surface area contributed by atoms with E-state index >= 15 is 0 Å². The highest BCUT2D eigenvalue weighted by Crippen LogP contribution is 2.37. The number of nitrogens with one attached hydrogen (secondary N) is 1. The number of amides is 3. The fourth-order valence-electron chi connectivity index (χ4n) is 4.17. The molecule has 2 aromatic heterocycles. The molecule has 0 bridgehead atoms. The third-order valence-corrected chi connectivity index (χ3v) is 5.83. The van der Waals surface area contributed by atoms with Crippen LogP contribution in [0.25, 0.3) is 11.1 Å². The summed E-state index contributed by atoms with van der Waals surface area (Å²) in [5.74, 6) is -2.55. The number of furan rings is 1. The van der Waals surface area contributed by atoms with Gasteiger partial charge < -0.3 is 14.1 Å². The maximum absolute atomic E-state index is 14.8. The Balaban J connectivity index is 1.60. The highest BCUT2D eigenvalue weighted by molar-refractivity contribution is 6.07. The predicted octanol–water partition coefficient (Wildman–Crippen LogP) is 2.25. The zero-order valence-corrected chi connectivity index (χ0v) is 17.8. The lowest BCUT2D eigenvalue weighted by atomic mass is 9.94. The molecule has 1 N–H and O–H groups in total. The summed E-state index contributed by atoms with van der Waals surface area (Å²) in [6, 6.07) is 6.39. The van der Waals surface area contributed by atoms with Gasteiger partial charge in [-0.05, 0) is 30.2 Å². The summed E-state index contributed by atoms with van der Waals surface area (Å²) in [6.45, 7) is 1.64. The van der Waals surface area contributed by atoms with Crippen LogP contribution in [0.4, 0.5) is 4.39 Å². The van der Waals surface area contributed by atoms with E-state index in [4.69, 9.17) is 9.15 Å². The summed E-state index contributed by atoms with van der Waals surface area (Å²) in [6.07, 6.45) is 2.87. The van der Waals surface area contributed by atoms with Gasteiger partial charge >= 0.3 is 0 Å². The van der Waals surface area contributed by atoms with E-state index in [0.717, 1.165) is 5.56 Å². The molecule has 3 amide bonds. The Kier molecular flexibility index (Phi) is 4.73. The second-order valence-electron chi connectivity index (χ2n) is 8.04. The van der Waals surface area contributed by atoms with Crippen LogP contribution in [0.1, 0.15) is 33.7 Å². The SMILES string of the molecule is COc1ccc2c(c1F)C(=O)N(CC1(c3cc4ncc(C)cc4o3)N=CCC(=O)NC1=O)C2. The van der Waals surface area contributed by atoms with E-state index < -0.39 is 29.1 Å². The van der Waals surface area contributed by atoms with E-state index in [0.29, 0.717) is 16.7 Å². The summed E-state index contributed by atoms with van der Waals surface area (Å²) in [7, 11) is 1.32. The number of hydrogen-bond donors (Lipinski definition) is 1. The number of methoxy groups -OCH3 is 1. The van der Waals surface area contributed by atoms with E-state index in [9.17, 15) is 18.8 Å². The molecule has 4 heterocycles. The molecular formula is C23H19FN4O5. The molecule has 5 rings (SSSR count). The maximum Gasteiger partial charge on any atom is 0.264 e. The van der Waals surface area contributed by atoms with Crippen molar-refractivity contribution < 1.29 is 27.9 Å². The smallest absolute Gasteiger partial charge is 0.264 e. The first-order valence-corrected chi connectivity index (χ1v) is 10.2. The quantitative estimate of drug-likeness (QED) is 0.610. The standard InChI is InChI=1S/C23H19FN4O5/c1-12-7-16-14(25-9-12)8-17(33-16)23(22(31)27-18(29)5-6-26-23)11-28-10-13-3-4-15(32-2)20(24)19(13)21(28)30/h3-4,6-9H,5,10-11H2,1-2H3,(H,27,29,31). The van der Waals surface area contributed by atoms with Gasteiger partial charge in [0.25, 0.3) is 11.8 Å². The van der Waals surface area contributed by atoms with Gasteiger partial charge in [-0.1, -0.05) is 6.07 Å². The van der Waals surface area contributed by atoms with E-state index in [1.807, 2.05) is 6.92 Å². The molecule has 2 aliphatic heterocycles. The molecule has 0 radical (unpaired) electrons. The Bertz CT molecular complexity index is 1360. The van der Waals surface area contributed by atoms with Gasteiger partial charge in [-0.2, -0.15) is 0 Å². The molecule has 0 saturated heterocycles. The number of aryl methyl sites for hydroxylation is 1. The maximum atomic E-state index is 14.8. The molecule has 9 nitrogen and oxygen atoms in total. The normalized spacial score (nSPS) is 20.2. The number of nitrogens with zero attached hydrogens (tertiary/aromatic N) is 3. The van der Waals surface area contributed by atoms with Gasteiger partial charge in [0.1, 0.15) is 11.3 Å². The van der Waals surface area contributed by atoms with Crippen molar-refractivity contribution in [2.24, 2.45) is 4.99 Å². The van der Waals surface area contributed by atoms with Crippen molar-refractivity contribution in [3.05, 3.63) is 58.7 Å². The van der Waals surface area contributed by atoms with Gasteiger partial charge in [0.05, 0.1) is 25.6 Å². The average molecular weight is 450 g/mol. The molecule has 0 saturated carbocycles. The monoisotopic (exact) mass is 450 g/mol. The minimum absolute atomic E-state index is 0.0479. The molecular weight excluding hydrogens is 431 g/mol. The molecule has 33 heavy (non-hydrogen) atoms. The number of rotatable bonds is 4.